The molecule has 0 bridgehead atoms. The summed E-state index contributed by atoms with van der Waals surface area (Å²) in [5.41, 5.74) is 0.170. The fourth-order valence-corrected chi connectivity index (χ4v) is 3.43. The van der Waals surface area contributed by atoms with Gasteiger partial charge < -0.3 is 20.4 Å². The van der Waals surface area contributed by atoms with Gasteiger partial charge in [-0.15, -0.1) is 0 Å². The Morgan fingerprint density at radius 3 is 2.15 bits per heavy atom. The van der Waals surface area contributed by atoms with E-state index < -0.39 is 27.3 Å². The van der Waals surface area contributed by atoms with Gasteiger partial charge in [0.2, 0.25) is 0 Å². The Kier molecular flexibility index (Phi) is 2.30. The van der Waals surface area contributed by atoms with Crippen molar-refractivity contribution in [3.05, 3.63) is 24.3 Å². The van der Waals surface area contributed by atoms with E-state index in [4.69, 9.17) is 0 Å². The number of benzene rings is 2. The number of hydrogen-bond acceptors (Lipinski definition) is 6. The molecule has 0 aromatic heterocycles. The van der Waals surface area contributed by atoms with Crippen LogP contribution >= 0.6 is 0 Å². The SMILES string of the molecule is O=S1(=O)Nc2c(O)cc(O)cc2-c2cc(O)c(O)cc21. The molecule has 2 aromatic rings. The molecule has 0 radical (unpaired) electrons. The lowest BCUT2D eigenvalue weighted by Gasteiger charge is -2.22. The first-order valence-corrected chi connectivity index (χ1v) is 6.93. The third-order valence-electron chi connectivity index (χ3n) is 3.00. The first kappa shape index (κ1) is 12.4. The first-order chi connectivity index (χ1) is 9.29. The van der Waals surface area contributed by atoms with Crippen molar-refractivity contribution < 1.29 is 28.8 Å². The van der Waals surface area contributed by atoms with E-state index in [9.17, 15) is 28.8 Å². The molecular formula is C12H9NO6S. The van der Waals surface area contributed by atoms with Gasteiger partial charge in [-0.2, -0.15) is 0 Å². The highest BCUT2D eigenvalue weighted by molar-refractivity contribution is 7.93. The molecule has 0 saturated heterocycles. The zero-order valence-corrected chi connectivity index (χ0v) is 10.6. The maximum atomic E-state index is 12.1. The van der Waals surface area contributed by atoms with Crippen LogP contribution < -0.4 is 4.72 Å². The van der Waals surface area contributed by atoms with Gasteiger partial charge in [-0.05, 0) is 12.1 Å². The zero-order chi connectivity index (χ0) is 14.7. The number of rotatable bonds is 0. The van der Waals surface area contributed by atoms with E-state index in [1.165, 1.54) is 6.07 Å². The molecule has 2 aromatic carbocycles. The van der Waals surface area contributed by atoms with Gasteiger partial charge in [-0.1, -0.05) is 0 Å². The number of aromatic hydroxyl groups is 4. The summed E-state index contributed by atoms with van der Waals surface area (Å²) >= 11 is 0. The molecule has 20 heavy (non-hydrogen) atoms. The van der Waals surface area contributed by atoms with Crippen molar-refractivity contribution in [3.63, 3.8) is 0 Å². The molecule has 0 saturated carbocycles. The van der Waals surface area contributed by atoms with Crippen molar-refractivity contribution in [3.8, 4) is 34.1 Å². The van der Waals surface area contributed by atoms with E-state index in [2.05, 4.69) is 4.72 Å². The topological polar surface area (TPSA) is 127 Å². The summed E-state index contributed by atoms with van der Waals surface area (Å²) in [5.74, 6) is -1.79. The van der Waals surface area contributed by atoms with Gasteiger partial charge in [-0.25, -0.2) is 8.42 Å². The van der Waals surface area contributed by atoms with Crippen molar-refractivity contribution in [2.75, 3.05) is 4.72 Å². The molecule has 0 amide bonds. The van der Waals surface area contributed by atoms with Gasteiger partial charge in [0.25, 0.3) is 10.0 Å². The monoisotopic (exact) mass is 295 g/mol. The summed E-state index contributed by atoms with van der Waals surface area (Å²) in [6.45, 7) is 0. The highest BCUT2D eigenvalue weighted by Crippen LogP contribution is 2.48. The Morgan fingerprint density at radius 1 is 0.800 bits per heavy atom. The van der Waals surface area contributed by atoms with E-state index in [1.54, 1.807) is 0 Å². The number of phenolic OH excluding ortho intramolecular Hbond substituents is 4. The molecule has 8 heteroatoms. The van der Waals surface area contributed by atoms with Gasteiger partial charge in [0, 0.05) is 23.3 Å². The summed E-state index contributed by atoms with van der Waals surface area (Å²) in [4.78, 5) is -0.259. The van der Waals surface area contributed by atoms with Crippen molar-refractivity contribution in [1.82, 2.24) is 0 Å². The van der Waals surface area contributed by atoms with Crippen LogP contribution in [0.4, 0.5) is 5.69 Å². The van der Waals surface area contributed by atoms with Crippen molar-refractivity contribution in [2.24, 2.45) is 0 Å². The molecule has 7 nitrogen and oxygen atoms in total. The fraction of sp³-hybridized carbons (Fsp3) is 0. The number of sulfonamides is 1. The first-order valence-electron chi connectivity index (χ1n) is 5.45. The Labute approximate surface area is 113 Å². The average Bonchev–Trinajstić information content (AvgIpc) is 2.34. The number of fused-ring (bicyclic) bond motifs is 3. The van der Waals surface area contributed by atoms with Crippen LogP contribution in [0.5, 0.6) is 23.0 Å². The minimum atomic E-state index is -3.99. The molecule has 0 spiro atoms. The average molecular weight is 295 g/mol. The lowest BCUT2D eigenvalue weighted by atomic mass is 10.0. The summed E-state index contributed by atoms with van der Waals surface area (Å²) in [5, 5.41) is 38.2. The second-order valence-electron chi connectivity index (χ2n) is 4.33. The normalized spacial score (nSPS) is 15.0. The van der Waals surface area contributed by atoms with Gasteiger partial charge in [-0.3, -0.25) is 4.72 Å². The van der Waals surface area contributed by atoms with Crippen molar-refractivity contribution in [1.29, 1.82) is 0 Å². The summed E-state index contributed by atoms with van der Waals surface area (Å²) < 4.78 is 26.3. The van der Waals surface area contributed by atoms with Crippen LogP contribution in [-0.2, 0) is 10.0 Å². The molecule has 0 unspecified atom stereocenters. The highest BCUT2D eigenvalue weighted by atomic mass is 32.2. The molecule has 0 fully saturated rings. The van der Waals surface area contributed by atoms with Crippen molar-refractivity contribution in [2.45, 2.75) is 4.90 Å². The molecule has 104 valence electrons. The number of nitrogens with one attached hydrogen (secondary N) is 1. The predicted octanol–water partition coefficient (Wildman–Crippen LogP) is 1.29. The van der Waals surface area contributed by atoms with Crippen LogP contribution in [0.15, 0.2) is 29.2 Å². The third kappa shape index (κ3) is 1.62. The van der Waals surface area contributed by atoms with Gasteiger partial charge >= 0.3 is 0 Å². The third-order valence-corrected chi connectivity index (χ3v) is 4.38. The van der Waals surface area contributed by atoms with Gasteiger partial charge in [0.15, 0.2) is 11.5 Å². The van der Waals surface area contributed by atoms with Crippen LogP contribution in [-0.4, -0.2) is 28.8 Å². The zero-order valence-electron chi connectivity index (χ0n) is 9.82. The molecule has 5 N–H and O–H groups in total. The number of phenols is 4. The molecule has 1 aliphatic heterocycles. The van der Waals surface area contributed by atoms with E-state index in [0.29, 0.717) is 0 Å². The molecule has 1 aliphatic rings. The summed E-state index contributed by atoms with van der Waals surface area (Å²) in [6.07, 6.45) is 0. The molecule has 3 rings (SSSR count). The molecule has 1 heterocycles. The van der Waals surface area contributed by atoms with Crippen LogP contribution in [0.25, 0.3) is 11.1 Å². The van der Waals surface area contributed by atoms with Crippen LogP contribution in [0.2, 0.25) is 0 Å². The predicted molar refractivity (Wildman–Crippen MR) is 69.3 cm³/mol. The van der Waals surface area contributed by atoms with E-state index in [-0.39, 0.29) is 27.5 Å². The van der Waals surface area contributed by atoms with E-state index in [1.807, 2.05) is 0 Å². The maximum absolute atomic E-state index is 12.1. The molecule has 0 atom stereocenters. The summed E-state index contributed by atoms with van der Waals surface area (Å²) in [6, 6.07) is 4.19. The Hall–Kier alpha value is -2.61. The quantitative estimate of drug-likeness (QED) is 0.368. The number of anilines is 1. The van der Waals surface area contributed by atoms with E-state index >= 15 is 0 Å². The minimum Gasteiger partial charge on any atom is -0.508 e. The van der Waals surface area contributed by atoms with Crippen LogP contribution in [0.3, 0.4) is 0 Å². The minimum absolute atomic E-state index is 0.0697. The standard InChI is InChI=1S/C12H9NO6S/c14-5-1-7-6-3-8(15)9(16)4-11(6)20(18,19)13-12(7)10(17)2-5/h1-4,13-17H. The van der Waals surface area contributed by atoms with Gasteiger partial charge in [0.1, 0.15) is 11.5 Å². The fourth-order valence-electron chi connectivity index (χ4n) is 2.11. The van der Waals surface area contributed by atoms with Crippen LogP contribution in [0, 0.1) is 0 Å². The molecular weight excluding hydrogens is 286 g/mol. The number of hydrogen-bond donors (Lipinski definition) is 5. The highest BCUT2D eigenvalue weighted by Gasteiger charge is 2.31. The second kappa shape index (κ2) is 3.70. The lowest BCUT2D eigenvalue weighted by molar-refractivity contribution is 0.402. The van der Waals surface area contributed by atoms with Crippen molar-refractivity contribution >= 4 is 15.7 Å². The second-order valence-corrected chi connectivity index (χ2v) is 5.98. The molecule has 0 aliphatic carbocycles. The maximum Gasteiger partial charge on any atom is 0.262 e. The lowest BCUT2D eigenvalue weighted by Crippen LogP contribution is -2.18. The Bertz CT molecular complexity index is 844. The summed E-state index contributed by atoms with van der Waals surface area (Å²) in [7, 11) is -3.99. The smallest absolute Gasteiger partial charge is 0.262 e. The van der Waals surface area contributed by atoms with E-state index in [0.717, 1.165) is 18.2 Å². The van der Waals surface area contributed by atoms with Crippen LogP contribution in [0.1, 0.15) is 0 Å². The van der Waals surface area contributed by atoms with Gasteiger partial charge in [0.05, 0.1) is 10.6 Å². The Morgan fingerprint density at radius 2 is 1.45 bits per heavy atom. The Balaban J connectivity index is 2.46. The largest absolute Gasteiger partial charge is 0.508 e.